The van der Waals surface area contributed by atoms with Crippen molar-refractivity contribution >= 4 is 6.34 Å². The van der Waals surface area contributed by atoms with Crippen molar-refractivity contribution in [2.24, 2.45) is 0 Å². The third-order valence-corrected chi connectivity index (χ3v) is 5.24. The molecule has 2 atom stereocenters. The van der Waals surface area contributed by atoms with E-state index in [2.05, 4.69) is 76.5 Å². The summed E-state index contributed by atoms with van der Waals surface area (Å²) in [5, 5.41) is 0. The molecule has 0 aliphatic carbocycles. The molecule has 2 aromatic rings. The summed E-state index contributed by atoms with van der Waals surface area (Å²) in [6, 6.07) is 23.0. The molecule has 0 spiro atoms. The van der Waals surface area contributed by atoms with Gasteiger partial charge in [-0.05, 0) is 36.8 Å². The molecule has 0 bridgehead atoms. The van der Waals surface area contributed by atoms with Gasteiger partial charge in [-0.15, -0.1) is 0 Å². The first kappa shape index (κ1) is 14.5. The molecule has 118 valence electrons. The van der Waals surface area contributed by atoms with Crippen LogP contribution < -0.4 is 0 Å². The lowest BCUT2D eigenvalue weighted by atomic mass is 10.0. The van der Waals surface area contributed by atoms with E-state index in [0.717, 1.165) is 0 Å². The van der Waals surface area contributed by atoms with Crippen molar-refractivity contribution in [1.29, 1.82) is 0 Å². The van der Waals surface area contributed by atoms with E-state index in [1.807, 2.05) is 0 Å². The second-order valence-corrected chi connectivity index (χ2v) is 6.74. The number of rotatable bonds is 3. The van der Waals surface area contributed by atoms with Gasteiger partial charge >= 0.3 is 0 Å². The highest BCUT2D eigenvalue weighted by atomic mass is 15.3. The summed E-state index contributed by atoms with van der Waals surface area (Å²) in [5.74, 6) is 0. The van der Waals surface area contributed by atoms with Gasteiger partial charge in [0, 0.05) is 0 Å². The molecule has 0 amide bonds. The SMILES string of the molecule is C(N1[C@@H](c2ccccc2)CC[C@@H]1c1ccccc1)=[N+]1CCCC1. The maximum atomic E-state index is 2.62. The van der Waals surface area contributed by atoms with Gasteiger partial charge in [0.2, 0.25) is 6.34 Å². The molecule has 2 aliphatic heterocycles. The molecular weight excluding hydrogens is 280 g/mol. The zero-order valence-electron chi connectivity index (χ0n) is 13.6. The summed E-state index contributed by atoms with van der Waals surface area (Å²) in [6.07, 6.45) is 7.55. The van der Waals surface area contributed by atoms with Gasteiger partial charge in [-0.25, -0.2) is 0 Å². The predicted octanol–water partition coefficient (Wildman–Crippen LogP) is 4.40. The van der Waals surface area contributed by atoms with Crippen LogP contribution in [0.25, 0.3) is 0 Å². The van der Waals surface area contributed by atoms with Crippen LogP contribution in [0.15, 0.2) is 60.7 Å². The maximum absolute atomic E-state index is 2.62. The number of nitrogens with zero attached hydrogens (tertiary/aromatic N) is 2. The van der Waals surface area contributed by atoms with Crippen LogP contribution in [0.5, 0.6) is 0 Å². The molecule has 0 saturated carbocycles. The third-order valence-electron chi connectivity index (χ3n) is 5.24. The summed E-state index contributed by atoms with van der Waals surface area (Å²) >= 11 is 0. The first-order valence-electron chi connectivity index (χ1n) is 8.88. The quantitative estimate of drug-likeness (QED) is 0.602. The van der Waals surface area contributed by atoms with Crippen molar-refractivity contribution in [3.05, 3.63) is 71.8 Å². The summed E-state index contributed by atoms with van der Waals surface area (Å²) in [7, 11) is 0. The van der Waals surface area contributed by atoms with Crippen LogP contribution in [0.2, 0.25) is 0 Å². The Balaban J connectivity index is 1.68. The third kappa shape index (κ3) is 3.03. The summed E-state index contributed by atoms with van der Waals surface area (Å²) in [6.45, 7) is 2.42. The van der Waals surface area contributed by atoms with Crippen LogP contribution in [0, 0.1) is 0 Å². The zero-order chi connectivity index (χ0) is 15.5. The highest BCUT2D eigenvalue weighted by molar-refractivity contribution is 5.53. The minimum Gasteiger partial charge on any atom is -0.268 e. The number of likely N-dealkylation sites (tertiary alicyclic amines) is 1. The van der Waals surface area contributed by atoms with E-state index >= 15 is 0 Å². The van der Waals surface area contributed by atoms with Gasteiger partial charge in [-0.1, -0.05) is 60.7 Å². The molecule has 0 unspecified atom stereocenters. The fourth-order valence-electron chi connectivity index (χ4n) is 4.07. The fraction of sp³-hybridized carbons (Fsp3) is 0.381. The van der Waals surface area contributed by atoms with Gasteiger partial charge in [-0.2, -0.15) is 0 Å². The van der Waals surface area contributed by atoms with Gasteiger partial charge < -0.3 is 0 Å². The van der Waals surface area contributed by atoms with Crippen LogP contribution in [0.4, 0.5) is 0 Å². The second kappa shape index (κ2) is 6.57. The zero-order valence-corrected chi connectivity index (χ0v) is 13.6. The Hall–Kier alpha value is -2.09. The normalized spacial score (nSPS) is 24.2. The molecular formula is C21H25N2+. The Morgan fingerprint density at radius 3 is 1.70 bits per heavy atom. The largest absolute Gasteiger partial charge is 0.268 e. The van der Waals surface area contributed by atoms with E-state index in [1.54, 1.807) is 0 Å². The molecule has 4 rings (SSSR count). The van der Waals surface area contributed by atoms with E-state index in [1.165, 1.54) is 49.9 Å². The lowest BCUT2D eigenvalue weighted by Gasteiger charge is -2.23. The monoisotopic (exact) mass is 305 g/mol. The van der Waals surface area contributed by atoms with Gasteiger partial charge in [-0.3, -0.25) is 9.48 Å². The lowest BCUT2D eigenvalue weighted by molar-refractivity contribution is -0.506. The fourth-order valence-corrected chi connectivity index (χ4v) is 4.07. The molecule has 2 nitrogen and oxygen atoms in total. The average molecular weight is 305 g/mol. The van der Waals surface area contributed by atoms with Gasteiger partial charge in [0.25, 0.3) is 0 Å². The van der Waals surface area contributed by atoms with Crippen molar-refractivity contribution in [3.8, 4) is 0 Å². The van der Waals surface area contributed by atoms with Crippen LogP contribution in [0.3, 0.4) is 0 Å². The van der Waals surface area contributed by atoms with Gasteiger partial charge in [0.05, 0.1) is 13.1 Å². The Bertz CT molecular complexity index is 607. The van der Waals surface area contributed by atoms with E-state index in [9.17, 15) is 0 Å². The Kier molecular flexibility index (Phi) is 4.14. The molecule has 2 heterocycles. The Labute approximate surface area is 139 Å². The van der Waals surface area contributed by atoms with Crippen LogP contribution >= 0.6 is 0 Å². The topological polar surface area (TPSA) is 6.25 Å². The molecule has 0 radical (unpaired) electrons. The lowest BCUT2D eigenvalue weighted by Crippen LogP contribution is -2.29. The van der Waals surface area contributed by atoms with Gasteiger partial charge in [0.15, 0.2) is 0 Å². The Morgan fingerprint density at radius 2 is 1.22 bits per heavy atom. The summed E-state index contributed by atoms with van der Waals surface area (Å²) in [5.41, 5.74) is 2.89. The minimum atomic E-state index is 0.502. The molecule has 2 saturated heterocycles. The smallest absolute Gasteiger partial charge is 0.235 e. The highest BCUT2D eigenvalue weighted by Gasteiger charge is 2.39. The average Bonchev–Trinajstić information content (AvgIpc) is 3.27. The maximum Gasteiger partial charge on any atom is 0.235 e. The minimum absolute atomic E-state index is 0.502. The Morgan fingerprint density at radius 1 is 0.739 bits per heavy atom. The van der Waals surface area contributed by atoms with Crippen molar-refractivity contribution in [3.63, 3.8) is 0 Å². The van der Waals surface area contributed by atoms with E-state index in [0.29, 0.717) is 12.1 Å². The number of hydrogen-bond donors (Lipinski definition) is 0. The van der Waals surface area contributed by atoms with Crippen LogP contribution in [0.1, 0.15) is 48.9 Å². The van der Waals surface area contributed by atoms with Crippen molar-refractivity contribution in [2.75, 3.05) is 13.1 Å². The molecule has 2 aliphatic rings. The van der Waals surface area contributed by atoms with Crippen LogP contribution in [-0.2, 0) is 0 Å². The molecule has 23 heavy (non-hydrogen) atoms. The molecule has 2 aromatic carbocycles. The standard InChI is InChI=1S/C21H25N2/c1-3-9-18(10-4-1)20-13-14-21(19-11-5-2-6-12-19)23(20)17-22-15-7-8-16-22/h1-6,9-12,17,20-21H,7-8,13-16H2/q+1/t20-,21-/m1/s1. The van der Waals surface area contributed by atoms with Crippen molar-refractivity contribution < 1.29 is 4.58 Å². The molecule has 0 aromatic heterocycles. The molecule has 2 fully saturated rings. The first-order chi connectivity index (χ1) is 11.4. The van der Waals surface area contributed by atoms with E-state index in [4.69, 9.17) is 0 Å². The van der Waals surface area contributed by atoms with Crippen molar-refractivity contribution in [2.45, 2.75) is 37.8 Å². The molecule has 2 heteroatoms. The highest BCUT2D eigenvalue weighted by Crippen LogP contribution is 2.42. The predicted molar refractivity (Wildman–Crippen MR) is 94.7 cm³/mol. The molecule has 0 N–H and O–H groups in total. The van der Waals surface area contributed by atoms with E-state index in [-0.39, 0.29) is 0 Å². The van der Waals surface area contributed by atoms with Gasteiger partial charge in [0.1, 0.15) is 12.1 Å². The summed E-state index contributed by atoms with van der Waals surface area (Å²) < 4.78 is 2.51. The van der Waals surface area contributed by atoms with Crippen molar-refractivity contribution in [1.82, 2.24) is 4.90 Å². The second-order valence-electron chi connectivity index (χ2n) is 6.74. The van der Waals surface area contributed by atoms with E-state index < -0.39 is 0 Å². The first-order valence-corrected chi connectivity index (χ1v) is 8.88. The number of hydrogen-bond acceptors (Lipinski definition) is 0. The number of benzene rings is 2. The van der Waals surface area contributed by atoms with Crippen LogP contribution in [-0.4, -0.2) is 28.9 Å². The summed E-state index contributed by atoms with van der Waals surface area (Å²) in [4.78, 5) is 2.62.